The molecule has 0 radical (unpaired) electrons. The summed E-state index contributed by atoms with van der Waals surface area (Å²) in [4.78, 5) is 29.0. The average Bonchev–Trinajstić information content (AvgIpc) is 3.08. The van der Waals surface area contributed by atoms with Crippen molar-refractivity contribution in [3.05, 3.63) is 94.5 Å². The number of anilines is 2. The first kappa shape index (κ1) is 25.8. The van der Waals surface area contributed by atoms with Gasteiger partial charge in [0.1, 0.15) is 6.04 Å². The molecule has 0 saturated carbocycles. The van der Waals surface area contributed by atoms with E-state index >= 15 is 0 Å². The van der Waals surface area contributed by atoms with Gasteiger partial charge in [0.2, 0.25) is 5.91 Å². The Bertz CT molecular complexity index is 1270. The molecular formula is C26H21BrF3N3O2S. The maximum atomic E-state index is 13.5. The molecule has 5 nitrogen and oxygen atoms in total. The molecule has 36 heavy (non-hydrogen) atoms. The minimum Gasteiger partial charge on any atom is -0.336 e. The van der Waals surface area contributed by atoms with E-state index < -0.39 is 29.6 Å². The summed E-state index contributed by atoms with van der Waals surface area (Å²) in [7, 11) is 0. The molecule has 0 spiro atoms. The quantitative estimate of drug-likeness (QED) is 0.349. The van der Waals surface area contributed by atoms with Crippen molar-refractivity contribution in [1.82, 2.24) is 4.90 Å². The van der Waals surface area contributed by atoms with E-state index in [9.17, 15) is 22.8 Å². The summed E-state index contributed by atoms with van der Waals surface area (Å²) in [6, 6.07) is 20.0. The van der Waals surface area contributed by atoms with Gasteiger partial charge in [-0.2, -0.15) is 13.2 Å². The molecule has 1 aliphatic rings. The van der Waals surface area contributed by atoms with Crippen LogP contribution in [0, 0.1) is 0 Å². The predicted octanol–water partition coefficient (Wildman–Crippen LogP) is 6.04. The summed E-state index contributed by atoms with van der Waals surface area (Å²) in [6.07, 6.45) is -4.24. The zero-order valence-corrected chi connectivity index (χ0v) is 21.2. The molecule has 1 N–H and O–H groups in total. The third kappa shape index (κ3) is 5.93. The molecule has 1 atom stereocenters. The molecule has 0 bridgehead atoms. The highest BCUT2D eigenvalue weighted by atomic mass is 79.9. The lowest BCUT2D eigenvalue weighted by Gasteiger charge is -2.24. The third-order valence-corrected chi connectivity index (χ3v) is 6.69. The molecule has 4 rings (SSSR count). The number of carbonyl (C=O) groups is 2. The number of thiocarbonyl (C=S) groups is 1. The molecule has 3 aromatic rings. The lowest BCUT2D eigenvalue weighted by atomic mass is 10.1. The summed E-state index contributed by atoms with van der Waals surface area (Å²) in [5.74, 6) is -0.951. The Hall–Kier alpha value is -3.24. The fourth-order valence-corrected chi connectivity index (χ4v) is 4.64. The number of benzene rings is 3. The fourth-order valence-electron chi connectivity index (χ4n) is 3.96. The maximum absolute atomic E-state index is 13.5. The second-order valence-corrected chi connectivity index (χ2v) is 9.49. The van der Waals surface area contributed by atoms with Gasteiger partial charge in [0.25, 0.3) is 5.91 Å². The van der Waals surface area contributed by atoms with Crippen molar-refractivity contribution in [2.75, 3.05) is 16.8 Å². The van der Waals surface area contributed by atoms with Crippen molar-refractivity contribution in [3.8, 4) is 0 Å². The van der Waals surface area contributed by atoms with E-state index in [1.165, 1.54) is 12.1 Å². The van der Waals surface area contributed by atoms with E-state index in [1.807, 2.05) is 30.3 Å². The van der Waals surface area contributed by atoms with E-state index in [0.717, 1.165) is 27.1 Å². The number of halogens is 4. The number of carbonyl (C=O) groups excluding carboxylic acids is 2. The van der Waals surface area contributed by atoms with Crippen molar-refractivity contribution < 1.29 is 22.8 Å². The number of hydrogen-bond donors (Lipinski definition) is 1. The highest BCUT2D eigenvalue weighted by Gasteiger charge is 2.44. The smallest absolute Gasteiger partial charge is 0.336 e. The predicted molar refractivity (Wildman–Crippen MR) is 140 cm³/mol. The topological polar surface area (TPSA) is 52.7 Å². The van der Waals surface area contributed by atoms with Gasteiger partial charge in [-0.1, -0.05) is 52.3 Å². The van der Waals surface area contributed by atoms with Crippen LogP contribution in [-0.2, 0) is 22.2 Å². The van der Waals surface area contributed by atoms with E-state index in [0.29, 0.717) is 18.7 Å². The zero-order valence-electron chi connectivity index (χ0n) is 18.8. The molecule has 10 heteroatoms. The van der Waals surface area contributed by atoms with Gasteiger partial charge in [0.05, 0.1) is 17.7 Å². The van der Waals surface area contributed by atoms with Gasteiger partial charge in [0.15, 0.2) is 5.11 Å². The number of alkyl halides is 3. The van der Waals surface area contributed by atoms with Crippen LogP contribution >= 0.6 is 28.1 Å². The van der Waals surface area contributed by atoms with Crippen LogP contribution in [0.1, 0.15) is 17.5 Å². The highest BCUT2D eigenvalue weighted by Crippen LogP contribution is 2.34. The standard InChI is InChI=1S/C26H21BrF3N3O2S/c27-19-9-11-20(12-10-19)31-23(34)16-22-24(35)33(21-8-4-7-18(15-21)26(28,29)30)25(36)32(22)14-13-17-5-2-1-3-6-17/h1-12,15,22H,13-14,16H2,(H,31,34). The van der Waals surface area contributed by atoms with Crippen LogP contribution < -0.4 is 10.2 Å². The minimum absolute atomic E-state index is 0.0142. The third-order valence-electron chi connectivity index (χ3n) is 5.74. The Labute approximate surface area is 220 Å². The first-order valence-corrected chi connectivity index (χ1v) is 12.2. The largest absolute Gasteiger partial charge is 0.416 e. The number of hydrogen-bond acceptors (Lipinski definition) is 3. The van der Waals surface area contributed by atoms with E-state index in [-0.39, 0.29) is 17.2 Å². The molecule has 3 aromatic carbocycles. The molecule has 2 amide bonds. The molecule has 1 saturated heterocycles. The van der Waals surface area contributed by atoms with Gasteiger partial charge in [-0.25, -0.2) is 0 Å². The molecule has 0 aliphatic carbocycles. The summed E-state index contributed by atoms with van der Waals surface area (Å²) >= 11 is 8.89. The number of rotatable bonds is 7. The van der Waals surface area contributed by atoms with Gasteiger partial charge in [0, 0.05) is 16.7 Å². The summed E-state index contributed by atoms with van der Waals surface area (Å²) in [6.45, 7) is 0.320. The Morgan fingerprint density at radius 1 is 1.00 bits per heavy atom. The van der Waals surface area contributed by atoms with E-state index in [4.69, 9.17) is 12.2 Å². The zero-order chi connectivity index (χ0) is 25.9. The van der Waals surface area contributed by atoms with Crippen LogP contribution in [0.3, 0.4) is 0 Å². The van der Waals surface area contributed by atoms with Crippen molar-refractivity contribution in [2.24, 2.45) is 0 Å². The minimum atomic E-state index is -4.57. The maximum Gasteiger partial charge on any atom is 0.416 e. The lowest BCUT2D eigenvalue weighted by molar-refractivity contribution is -0.137. The van der Waals surface area contributed by atoms with Gasteiger partial charge < -0.3 is 10.2 Å². The average molecular weight is 576 g/mol. The van der Waals surface area contributed by atoms with Gasteiger partial charge in [-0.15, -0.1) is 0 Å². The second kappa shape index (κ2) is 10.8. The molecule has 1 unspecified atom stereocenters. The van der Waals surface area contributed by atoms with Gasteiger partial charge in [-0.3, -0.25) is 14.5 Å². The van der Waals surface area contributed by atoms with Crippen LogP contribution in [0.2, 0.25) is 0 Å². The molecule has 1 aliphatic heterocycles. The first-order chi connectivity index (χ1) is 17.1. The number of nitrogens with one attached hydrogen (secondary N) is 1. The molecule has 186 valence electrons. The highest BCUT2D eigenvalue weighted by molar-refractivity contribution is 9.10. The molecule has 0 aromatic heterocycles. The Morgan fingerprint density at radius 3 is 2.36 bits per heavy atom. The molecule has 1 fully saturated rings. The van der Waals surface area contributed by atoms with E-state index in [1.54, 1.807) is 29.2 Å². The molecular weight excluding hydrogens is 555 g/mol. The summed E-state index contributed by atoms with van der Waals surface area (Å²) in [5.41, 5.74) is 0.688. The number of amides is 2. The Morgan fingerprint density at radius 2 is 1.69 bits per heavy atom. The SMILES string of the molecule is O=C(CC1C(=O)N(c2cccc(C(F)(F)F)c2)C(=S)N1CCc1ccccc1)Nc1ccc(Br)cc1. The Kier molecular flexibility index (Phi) is 7.75. The first-order valence-electron chi connectivity index (χ1n) is 11.0. The number of nitrogens with zero attached hydrogens (tertiary/aromatic N) is 2. The molecule has 1 heterocycles. The second-order valence-electron chi connectivity index (χ2n) is 8.21. The van der Waals surface area contributed by atoms with Gasteiger partial charge >= 0.3 is 6.18 Å². The summed E-state index contributed by atoms with van der Waals surface area (Å²) in [5, 5.41) is 2.83. The van der Waals surface area contributed by atoms with Crippen molar-refractivity contribution >= 4 is 56.4 Å². The van der Waals surface area contributed by atoms with Crippen LogP contribution in [-0.4, -0.2) is 34.4 Å². The monoisotopic (exact) mass is 575 g/mol. The fraction of sp³-hybridized carbons (Fsp3) is 0.192. The van der Waals surface area contributed by atoms with Crippen molar-refractivity contribution in [1.29, 1.82) is 0 Å². The normalized spacial score (nSPS) is 15.9. The lowest BCUT2D eigenvalue weighted by Crippen LogP contribution is -2.39. The van der Waals surface area contributed by atoms with Crippen LogP contribution in [0.5, 0.6) is 0 Å². The van der Waals surface area contributed by atoms with Crippen LogP contribution in [0.25, 0.3) is 0 Å². The van der Waals surface area contributed by atoms with Crippen LogP contribution in [0.15, 0.2) is 83.3 Å². The van der Waals surface area contributed by atoms with Crippen LogP contribution in [0.4, 0.5) is 24.5 Å². The van der Waals surface area contributed by atoms with E-state index in [2.05, 4.69) is 21.2 Å². The van der Waals surface area contributed by atoms with Crippen molar-refractivity contribution in [3.63, 3.8) is 0 Å². The van der Waals surface area contributed by atoms with Crippen molar-refractivity contribution in [2.45, 2.75) is 25.1 Å². The summed E-state index contributed by atoms with van der Waals surface area (Å²) < 4.78 is 40.8. The van der Waals surface area contributed by atoms with Gasteiger partial charge in [-0.05, 0) is 66.7 Å². The Balaban J connectivity index is 1.59.